The highest BCUT2D eigenvalue weighted by Crippen LogP contribution is 2.25. The van der Waals surface area contributed by atoms with E-state index in [2.05, 4.69) is 15.2 Å². The average Bonchev–Trinajstić information content (AvgIpc) is 2.99. The third-order valence-corrected chi connectivity index (χ3v) is 6.13. The molecule has 0 aliphatic heterocycles. The number of carbonyl (C=O) groups is 1. The molecule has 0 fully saturated rings. The fraction of sp³-hybridized carbons (Fsp3) is 0.273. The summed E-state index contributed by atoms with van der Waals surface area (Å²) < 4.78 is 38.1. The zero-order valence-corrected chi connectivity index (χ0v) is 18.9. The summed E-state index contributed by atoms with van der Waals surface area (Å²) in [6.45, 7) is 9.15. The van der Waals surface area contributed by atoms with Gasteiger partial charge in [-0.25, -0.2) is 13.1 Å². The molecule has 2 aromatic carbocycles. The van der Waals surface area contributed by atoms with Crippen LogP contribution in [-0.2, 0) is 14.8 Å². The van der Waals surface area contributed by atoms with Crippen molar-refractivity contribution in [1.82, 2.24) is 5.16 Å². The summed E-state index contributed by atoms with van der Waals surface area (Å²) in [5.41, 5.74) is 4.73. The number of aromatic nitrogens is 1. The molecule has 1 aromatic heterocycles. The second kappa shape index (κ2) is 8.81. The molecule has 0 spiro atoms. The van der Waals surface area contributed by atoms with Crippen LogP contribution in [0.1, 0.15) is 27.9 Å². The van der Waals surface area contributed by atoms with Crippen molar-refractivity contribution in [2.45, 2.75) is 39.5 Å². The Hall–Kier alpha value is -3.33. The Morgan fingerprint density at radius 3 is 2.19 bits per heavy atom. The van der Waals surface area contributed by atoms with Crippen molar-refractivity contribution in [3.63, 3.8) is 0 Å². The molecule has 0 radical (unpaired) electrons. The van der Waals surface area contributed by atoms with Gasteiger partial charge in [-0.15, -0.1) is 0 Å². The lowest BCUT2D eigenvalue weighted by atomic mass is 10.1. The lowest BCUT2D eigenvalue weighted by Crippen LogP contribution is -2.21. The summed E-state index contributed by atoms with van der Waals surface area (Å²) in [5.74, 6) is 0.417. The van der Waals surface area contributed by atoms with E-state index >= 15 is 0 Å². The Kier molecular flexibility index (Phi) is 6.35. The number of anilines is 2. The first-order valence-corrected chi connectivity index (χ1v) is 11.1. The van der Waals surface area contributed by atoms with E-state index in [-0.39, 0.29) is 23.3 Å². The number of rotatable bonds is 7. The topological polar surface area (TPSA) is 111 Å². The maximum Gasteiger partial charge on any atom is 0.264 e. The minimum atomic E-state index is -3.85. The zero-order chi connectivity index (χ0) is 22.8. The van der Waals surface area contributed by atoms with Gasteiger partial charge in [-0.2, -0.15) is 0 Å². The Morgan fingerprint density at radius 1 is 1.03 bits per heavy atom. The van der Waals surface area contributed by atoms with E-state index in [0.29, 0.717) is 22.7 Å². The number of benzene rings is 2. The van der Waals surface area contributed by atoms with Crippen molar-refractivity contribution in [2.24, 2.45) is 0 Å². The van der Waals surface area contributed by atoms with Gasteiger partial charge in [-0.1, -0.05) is 22.9 Å². The standard InChI is InChI=1S/C22H25N3O5S/c1-13-10-14(2)21(15(3)11-13)29-12-20(26)23-18-6-8-19(9-7-18)31(27,28)25-22-16(4)17(5)24-30-22/h6-11,25H,12H2,1-5H3,(H,23,26). The lowest BCUT2D eigenvalue weighted by Gasteiger charge is -2.13. The van der Waals surface area contributed by atoms with Crippen LogP contribution in [0.5, 0.6) is 5.75 Å². The minimum Gasteiger partial charge on any atom is -0.483 e. The van der Waals surface area contributed by atoms with Crippen molar-refractivity contribution in [2.75, 3.05) is 16.6 Å². The molecule has 8 nitrogen and oxygen atoms in total. The van der Waals surface area contributed by atoms with Crippen LogP contribution in [0.4, 0.5) is 11.6 Å². The van der Waals surface area contributed by atoms with Gasteiger partial charge in [-0.3, -0.25) is 4.79 Å². The molecule has 0 bridgehead atoms. The molecular weight excluding hydrogens is 418 g/mol. The molecule has 0 saturated heterocycles. The fourth-order valence-electron chi connectivity index (χ4n) is 3.14. The molecular formula is C22H25N3O5S. The summed E-state index contributed by atoms with van der Waals surface area (Å²) in [6.07, 6.45) is 0. The van der Waals surface area contributed by atoms with Crippen molar-refractivity contribution >= 4 is 27.5 Å². The van der Waals surface area contributed by atoms with E-state index in [4.69, 9.17) is 9.26 Å². The van der Waals surface area contributed by atoms with E-state index in [0.717, 1.165) is 16.7 Å². The Morgan fingerprint density at radius 2 is 1.65 bits per heavy atom. The predicted octanol–water partition coefficient (Wildman–Crippen LogP) is 4.04. The highest BCUT2D eigenvalue weighted by Gasteiger charge is 2.19. The van der Waals surface area contributed by atoms with E-state index in [1.54, 1.807) is 13.8 Å². The molecule has 2 N–H and O–H groups in total. The van der Waals surface area contributed by atoms with E-state index in [9.17, 15) is 13.2 Å². The minimum absolute atomic E-state index is 0.0288. The monoisotopic (exact) mass is 443 g/mol. The SMILES string of the molecule is Cc1cc(C)c(OCC(=O)Nc2ccc(S(=O)(=O)Nc3onc(C)c3C)cc2)c(C)c1. The van der Waals surface area contributed by atoms with Crippen LogP contribution in [0.2, 0.25) is 0 Å². The Bertz CT molecular complexity index is 1190. The number of ether oxygens (including phenoxy) is 1. The van der Waals surface area contributed by atoms with Gasteiger partial charge in [0, 0.05) is 11.3 Å². The second-order valence-corrected chi connectivity index (χ2v) is 9.10. The molecule has 31 heavy (non-hydrogen) atoms. The molecule has 0 unspecified atom stereocenters. The number of sulfonamides is 1. The van der Waals surface area contributed by atoms with Gasteiger partial charge in [0.05, 0.1) is 10.6 Å². The average molecular weight is 444 g/mol. The summed E-state index contributed by atoms with van der Waals surface area (Å²) in [4.78, 5) is 12.3. The van der Waals surface area contributed by atoms with Crippen molar-refractivity contribution in [1.29, 1.82) is 0 Å². The first-order chi connectivity index (χ1) is 14.6. The van der Waals surface area contributed by atoms with Crippen LogP contribution < -0.4 is 14.8 Å². The van der Waals surface area contributed by atoms with E-state index in [1.165, 1.54) is 24.3 Å². The first kappa shape index (κ1) is 22.4. The predicted molar refractivity (Wildman–Crippen MR) is 118 cm³/mol. The third-order valence-electron chi connectivity index (χ3n) is 4.78. The number of amides is 1. The van der Waals surface area contributed by atoms with Gasteiger partial charge in [0.1, 0.15) is 5.75 Å². The smallest absolute Gasteiger partial charge is 0.264 e. The molecule has 0 aliphatic carbocycles. The fourth-order valence-corrected chi connectivity index (χ4v) is 4.18. The number of hydrogen-bond acceptors (Lipinski definition) is 6. The maximum atomic E-state index is 12.5. The van der Waals surface area contributed by atoms with Gasteiger partial charge < -0.3 is 14.6 Å². The normalized spacial score (nSPS) is 11.3. The number of carbonyl (C=O) groups excluding carboxylic acids is 1. The van der Waals surface area contributed by atoms with Crippen LogP contribution >= 0.6 is 0 Å². The summed E-state index contributed by atoms with van der Waals surface area (Å²) in [6, 6.07) is 9.79. The van der Waals surface area contributed by atoms with Crippen molar-refractivity contribution in [3.05, 3.63) is 64.3 Å². The zero-order valence-electron chi connectivity index (χ0n) is 18.1. The number of nitrogens with one attached hydrogen (secondary N) is 2. The van der Waals surface area contributed by atoms with Crippen LogP contribution in [-0.4, -0.2) is 26.1 Å². The van der Waals surface area contributed by atoms with Gasteiger partial charge in [-0.05, 0) is 70.0 Å². The summed E-state index contributed by atoms with van der Waals surface area (Å²) in [7, 11) is -3.85. The largest absolute Gasteiger partial charge is 0.483 e. The van der Waals surface area contributed by atoms with E-state index < -0.39 is 10.0 Å². The van der Waals surface area contributed by atoms with Gasteiger partial charge in [0.15, 0.2) is 6.61 Å². The van der Waals surface area contributed by atoms with Gasteiger partial charge in [0.25, 0.3) is 15.9 Å². The Balaban J connectivity index is 1.62. The molecule has 164 valence electrons. The van der Waals surface area contributed by atoms with Gasteiger partial charge >= 0.3 is 0 Å². The maximum absolute atomic E-state index is 12.5. The highest BCUT2D eigenvalue weighted by molar-refractivity contribution is 7.92. The molecule has 3 rings (SSSR count). The molecule has 0 aliphatic rings. The quantitative estimate of drug-likeness (QED) is 0.570. The van der Waals surface area contributed by atoms with Crippen molar-refractivity contribution in [3.8, 4) is 5.75 Å². The third kappa shape index (κ3) is 5.24. The van der Waals surface area contributed by atoms with Gasteiger partial charge in [0.2, 0.25) is 5.88 Å². The molecule has 1 amide bonds. The van der Waals surface area contributed by atoms with E-state index in [1.807, 2.05) is 32.9 Å². The van der Waals surface area contributed by atoms with Crippen molar-refractivity contribution < 1.29 is 22.5 Å². The van der Waals surface area contributed by atoms with Crippen LogP contribution in [0.3, 0.4) is 0 Å². The molecule has 0 atom stereocenters. The highest BCUT2D eigenvalue weighted by atomic mass is 32.2. The van der Waals surface area contributed by atoms with Crippen LogP contribution in [0, 0.1) is 34.6 Å². The number of aryl methyl sites for hydroxylation is 4. The Labute approximate surface area is 181 Å². The summed E-state index contributed by atoms with van der Waals surface area (Å²) in [5, 5.41) is 6.43. The molecule has 9 heteroatoms. The first-order valence-electron chi connectivity index (χ1n) is 9.63. The lowest BCUT2D eigenvalue weighted by molar-refractivity contribution is -0.118. The molecule has 1 heterocycles. The summed E-state index contributed by atoms with van der Waals surface area (Å²) >= 11 is 0. The molecule has 0 saturated carbocycles. The second-order valence-electron chi connectivity index (χ2n) is 7.42. The molecule has 3 aromatic rings. The van der Waals surface area contributed by atoms with Crippen LogP contribution in [0.25, 0.3) is 0 Å². The number of nitrogens with zero attached hydrogens (tertiary/aromatic N) is 1. The van der Waals surface area contributed by atoms with Crippen LogP contribution in [0.15, 0.2) is 45.8 Å². The number of hydrogen-bond donors (Lipinski definition) is 2.